The van der Waals surface area contributed by atoms with Crippen LogP contribution in [0.1, 0.15) is 44.1 Å². The minimum absolute atomic E-state index is 0.00208. The number of ether oxygens (including phenoxy) is 3. The summed E-state index contributed by atoms with van der Waals surface area (Å²) in [5, 5.41) is 9.77. The maximum Gasteiger partial charge on any atom is 0.343 e. The number of carbonyl (C=O) groups is 1. The van der Waals surface area contributed by atoms with Crippen LogP contribution in [0.5, 0.6) is 11.5 Å². The van der Waals surface area contributed by atoms with Gasteiger partial charge in [0.1, 0.15) is 29.6 Å². The topological polar surface area (TPSA) is 94.6 Å². The zero-order valence-corrected chi connectivity index (χ0v) is 18.6. The number of nitrogens with two attached hydrogens (primary N) is 1. The summed E-state index contributed by atoms with van der Waals surface area (Å²) in [6.45, 7) is 4.30. The molecule has 4 rings (SSSR count). The van der Waals surface area contributed by atoms with Gasteiger partial charge in [-0.15, -0.1) is 11.3 Å². The first-order chi connectivity index (χ1) is 15.5. The van der Waals surface area contributed by atoms with E-state index < -0.39 is 11.9 Å². The average molecular weight is 447 g/mol. The Morgan fingerprint density at radius 2 is 1.91 bits per heavy atom. The maximum absolute atomic E-state index is 12.5. The quantitative estimate of drug-likeness (QED) is 0.534. The largest absolute Gasteiger partial charge is 0.489 e. The van der Waals surface area contributed by atoms with Gasteiger partial charge in [0.2, 0.25) is 5.88 Å². The fourth-order valence-corrected chi connectivity index (χ4v) is 4.87. The number of benzene rings is 2. The summed E-state index contributed by atoms with van der Waals surface area (Å²) in [4.78, 5) is 14.0. The van der Waals surface area contributed by atoms with Gasteiger partial charge < -0.3 is 19.9 Å². The van der Waals surface area contributed by atoms with Crippen LogP contribution in [0.15, 0.2) is 66.1 Å². The highest BCUT2D eigenvalue weighted by Gasteiger charge is 2.37. The zero-order chi connectivity index (χ0) is 22.7. The van der Waals surface area contributed by atoms with Gasteiger partial charge in [-0.25, -0.2) is 4.79 Å². The van der Waals surface area contributed by atoms with Gasteiger partial charge in [-0.2, -0.15) is 5.26 Å². The fraction of sp³-hybridized carbons (Fsp3) is 0.200. The minimum atomic E-state index is -0.459. The van der Waals surface area contributed by atoms with Crippen molar-refractivity contribution in [2.24, 2.45) is 5.73 Å². The summed E-state index contributed by atoms with van der Waals surface area (Å²) < 4.78 is 16.8. The standard InChI is InChI=1S/C25H22N2O4S/c1-3-29-25(28)20-15(2)32-23-21(19(13-26)24(27)31-22(20)23)17-9-11-18(12-10-17)30-14-16-7-5-4-6-8-16/h4-12,21H,3,14,27H2,1-2H3. The van der Waals surface area contributed by atoms with Gasteiger partial charge in [0, 0.05) is 4.88 Å². The molecule has 6 nitrogen and oxygen atoms in total. The molecule has 1 aromatic heterocycles. The molecule has 162 valence electrons. The zero-order valence-electron chi connectivity index (χ0n) is 17.8. The molecule has 0 fully saturated rings. The lowest BCUT2D eigenvalue weighted by atomic mass is 9.88. The van der Waals surface area contributed by atoms with E-state index in [1.165, 1.54) is 11.3 Å². The SMILES string of the molecule is CCOC(=O)c1c(C)sc2c1OC(N)=C(C#N)C2c1ccc(OCc2ccccc2)cc1. The lowest BCUT2D eigenvalue weighted by molar-refractivity contribution is 0.0522. The summed E-state index contributed by atoms with van der Waals surface area (Å²) in [7, 11) is 0. The summed E-state index contributed by atoms with van der Waals surface area (Å²) in [6.07, 6.45) is 0. The van der Waals surface area contributed by atoms with Gasteiger partial charge in [0.05, 0.1) is 17.4 Å². The van der Waals surface area contributed by atoms with Crippen LogP contribution in [0.2, 0.25) is 0 Å². The number of esters is 1. The Bertz CT molecular complexity index is 1210. The highest BCUT2D eigenvalue weighted by atomic mass is 32.1. The third kappa shape index (κ3) is 4.05. The molecule has 2 N–H and O–H groups in total. The number of nitriles is 1. The molecule has 0 radical (unpaired) electrons. The number of thiophene rings is 1. The molecule has 3 aromatic rings. The van der Waals surface area contributed by atoms with Gasteiger partial charge in [-0.05, 0) is 37.1 Å². The van der Waals surface area contributed by atoms with Crippen LogP contribution in [-0.4, -0.2) is 12.6 Å². The van der Waals surface area contributed by atoms with Crippen LogP contribution in [0, 0.1) is 18.3 Å². The molecule has 1 aliphatic heterocycles. The van der Waals surface area contributed by atoms with E-state index in [2.05, 4.69) is 6.07 Å². The van der Waals surface area contributed by atoms with Gasteiger partial charge in [0.25, 0.3) is 0 Å². The van der Waals surface area contributed by atoms with E-state index >= 15 is 0 Å². The van der Waals surface area contributed by atoms with E-state index in [4.69, 9.17) is 19.9 Å². The van der Waals surface area contributed by atoms with Crippen molar-refractivity contribution in [2.45, 2.75) is 26.4 Å². The molecule has 0 spiro atoms. The van der Waals surface area contributed by atoms with E-state index in [1.807, 2.05) is 61.5 Å². The first kappa shape index (κ1) is 21.5. The Hall–Kier alpha value is -3.76. The molecular weight excluding hydrogens is 424 g/mol. The van der Waals surface area contributed by atoms with Crippen molar-refractivity contribution >= 4 is 17.3 Å². The summed E-state index contributed by atoms with van der Waals surface area (Å²) in [5.74, 6) is 0.197. The molecule has 0 aliphatic carbocycles. The van der Waals surface area contributed by atoms with Crippen LogP contribution in [0.3, 0.4) is 0 Å². The first-order valence-corrected chi connectivity index (χ1v) is 11.0. The molecular formula is C25H22N2O4S. The maximum atomic E-state index is 12.5. The van der Waals surface area contributed by atoms with Gasteiger partial charge in [0.15, 0.2) is 5.75 Å². The normalized spacial score (nSPS) is 14.8. The van der Waals surface area contributed by atoms with E-state index in [-0.39, 0.29) is 12.5 Å². The third-order valence-corrected chi connectivity index (χ3v) is 6.31. The van der Waals surface area contributed by atoms with Crippen molar-refractivity contribution in [3.63, 3.8) is 0 Å². The van der Waals surface area contributed by atoms with Crippen molar-refractivity contribution in [3.8, 4) is 17.6 Å². The van der Waals surface area contributed by atoms with Crippen LogP contribution in [-0.2, 0) is 11.3 Å². The van der Waals surface area contributed by atoms with E-state index in [1.54, 1.807) is 6.92 Å². The van der Waals surface area contributed by atoms with E-state index in [0.717, 1.165) is 26.6 Å². The molecule has 0 saturated carbocycles. The molecule has 1 atom stereocenters. The number of fused-ring (bicyclic) bond motifs is 1. The van der Waals surface area contributed by atoms with Crippen molar-refractivity contribution in [1.82, 2.24) is 0 Å². The van der Waals surface area contributed by atoms with Gasteiger partial charge in [-0.3, -0.25) is 0 Å². The van der Waals surface area contributed by atoms with Crippen molar-refractivity contribution in [1.29, 1.82) is 5.26 Å². The monoisotopic (exact) mass is 446 g/mol. The number of allylic oxidation sites excluding steroid dienone is 1. The van der Waals surface area contributed by atoms with Crippen molar-refractivity contribution < 1.29 is 19.0 Å². The smallest absolute Gasteiger partial charge is 0.343 e. The number of aryl methyl sites for hydroxylation is 1. The molecule has 0 saturated heterocycles. The number of hydrogen-bond acceptors (Lipinski definition) is 7. The Morgan fingerprint density at radius 3 is 2.56 bits per heavy atom. The summed E-state index contributed by atoms with van der Waals surface area (Å²) >= 11 is 1.41. The number of carbonyl (C=O) groups excluding carboxylic acids is 1. The third-order valence-electron chi connectivity index (χ3n) is 5.16. The summed E-state index contributed by atoms with van der Waals surface area (Å²) in [6, 6.07) is 19.6. The Balaban J connectivity index is 1.66. The second-order valence-electron chi connectivity index (χ2n) is 7.22. The molecule has 0 bridgehead atoms. The molecule has 2 aromatic carbocycles. The van der Waals surface area contributed by atoms with Crippen LogP contribution in [0.4, 0.5) is 0 Å². The van der Waals surface area contributed by atoms with Crippen LogP contribution >= 0.6 is 11.3 Å². The van der Waals surface area contributed by atoms with E-state index in [0.29, 0.717) is 23.5 Å². The Labute approximate surface area is 190 Å². The van der Waals surface area contributed by atoms with Gasteiger partial charge in [-0.1, -0.05) is 42.5 Å². The summed E-state index contributed by atoms with van der Waals surface area (Å²) in [5.41, 5.74) is 8.70. The Morgan fingerprint density at radius 1 is 1.19 bits per heavy atom. The highest BCUT2D eigenvalue weighted by Crippen LogP contribution is 2.49. The van der Waals surface area contributed by atoms with Gasteiger partial charge >= 0.3 is 5.97 Å². The molecule has 0 amide bonds. The van der Waals surface area contributed by atoms with E-state index in [9.17, 15) is 10.1 Å². The number of rotatable bonds is 6. The molecule has 7 heteroatoms. The predicted molar refractivity (Wildman–Crippen MR) is 122 cm³/mol. The van der Waals surface area contributed by atoms with Crippen LogP contribution < -0.4 is 15.2 Å². The molecule has 1 unspecified atom stereocenters. The number of nitrogens with zero attached hydrogens (tertiary/aromatic N) is 1. The number of hydrogen-bond donors (Lipinski definition) is 1. The lowest BCUT2D eigenvalue weighted by Gasteiger charge is -2.24. The van der Waals surface area contributed by atoms with Crippen molar-refractivity contribution in [3.05, 3.63) is 92.5 Å². The molecule has 2 heterocycles. The highest BCUT2D eigenvalue weighted by molar-refractivity contribution is 7.12. The molecule has 32 heavy (non-hydrogen) atoms. The van der Waals surface area contributed by atoms with Crippen molar-refractivity contribution in [2.75, 3.05) is 6.61 Å². The fourth-order valence-electron chi connectivity index (χ4n) is 3.65. The lowest BCUT2D eigenvalue weighted by Crippen LogP contribution is -2.21. The Kier molecular flexibility index (Phi) is 6.15. The minimum Gasteiger partial charge on any atom is -0.489 e. The predicted octanol–water partition coefficient (Wildman–Crippen LogP) is 5.03. The first-order valence-electron chi connectivity index (χ1n) is 10.2. The second kappa shape index (κ2) is 9.16. The second-order valence-corrected chi connectivity index (χ2v) is 8.47. The molecule has 1 aliphatic rings. The van der Waals surface area contributed by atoms with Crippen LogP contribution in [0.25, 0.3) is 0 Å². The average Bonchev–Trinajstić information content (AvgIpc) is 3.13.